The van der Waals surface area contributed by atoms with Crippen molar-refractivity contribution in [3.63, 3.8) is 0 Å². The Morgan fingerprint density at radius 3 is 1.24 bits per heavy atom. The number of amides is 1. The fourth-order valence-corrected chi connectivity index (χ4v) is 11.8. The van der Waals surface area contributed by atoms with Gasteiger partial charge in [0.05, 0.1) is 57.4 Å². The van der Waals surface area contributed by atoms with E-state index < -0.39 is 46.8 Å². The number of fused-ring (bicyclic) bond motifs is 2. The van der Waals surface area contributed by atoms with E-state index in [1.807, 2.05) is 20.9 Å². The number of nitrogens with one attached hydrogen (secondary N) is 4. The number of nitrogens with two attached hydrogens (primary N) is 2. The minimum absolute atomic E-state index is 0. The van der Waals surface area contributed by atoms with E-state index >= 15 is 0 Å². The molecule has 3 aromatic heterocycles. The van der Waals surface area contributed by atoms with Crippen LogP contribution in [0.2, 0.25) is 0 Å². The number of piperazine rings is 1. The average Bonchev–Trinajstić information content (AvgIpc) is 1.66. The summed E-state index contributed by atoms with van der Waals surface area (Å²) in [7, 11) is 3.53. The molecule has 0 radical (unpaired) electrons. The van der Waals surface area contributed by atoms with Crippen LogP contribution < -0.4 is 57.0 Å². The van der Waals surface area contributed by atoms with Gasteiger partial charge in [0.2, 0.25) is 5.82 Å². The van der Waals surface area contributed by atoms with Crippen molar-refractivity contribution >= 4 is 114 Å². The molecule has 0 spiro atoms. The number of hydrogen-bond donors (Lipinski definition) is 9. The van der Waals surface area contributed by atoms with Gasteiger partial charge in [-0.05, 0) is 242 Å². The zero-order valence-electron chi connectivity index (χ0n) is 74.4. The maximum absolute atomic E-state index is 12.9. The van der Waals surface area contributed by atoms with E-state index in [0.717, 1.165) is 85.0 Å². The van der Waals surface area contributed by atoms with Crippen LogP contribution in [0.4, 0.5) is 76.2 Å². The first-order valence-corrected chi connectivity index (χ1v) is 39.9. The number of methoxy groups -OCH3 is 3. The molecule has 32 nitrogen and oxygen atoms in total. The smallest absolute Gasteiger partial charge is 0.553 e. The summed E-state index contributed by atoms with van der Waals surface area (Å²) in [6, 6.07) is 52.4. The number of nitro groups is 2. The van der Waals surface area contributed by atoms with E-state index in [1.165, 1.54) is 182 Å². The van der Waals surface area contributed by atoms with E-state index in [2.05, 4.69) is 50.0 Å². The molecule has 0 bridgehead atoms. The van der Waals surface area contributed by atoms with Crippen LogP contribution >= 0.6 is 11.3 Å². The number of nitrogen functional groups attached to an aromatic ring is 2. The number of thiazole rings is 1. The SMILES string of the molecule is C.C.CC(=O)c1ccc(F)c([N+](=O)[O-])c1.CC(=O)c1ccc(Nc2ccc(F)cc2)c(N)c1.CC(=O)c1ccc(Nc2ccc(F)cc2)c([N+](=O)[O-])c1.CC(=O)c1ccc2c(c1)ncn2-c1ccc(F)cc1.CCO.CCO.COC(OC)OC.Nc1ccc(F)cc1.O=C(O)c1ccc2c(c1)ncn2-c1ccc(F)cc1.O=C(c1nccs1)N1CCN(C2CNC2)CC1.[2H]CF.[NH-]O.[Na+]. The Morgan fingerprint density at radius 1 is 0.537 bits per heavy atom. The number of carboxylic acid groups (broad SMARTS) is 1. The summed E-state index contributed by atoms with van der Waals surface area (Å²) in [4.78, 5) is 104. The van der Waals surface area contributed by atoms with Gasteiger partial charge in [0.1, 0.15) is 47.4 Å². The van der Waals surface area contributed by atoms with Gasteiger partial charge in [0.25, 0.3) is 18.1 Å². The number of Topliss-reactive ketones (excluding diaryl/α,β-unsaturated/α-hetero) is 4. The summed E-state index contributed by atoms with van der Waals surface area (Å²) >= 11 is 1.42. The molecule has 12 N–H and O–H groups in total. The standard InChI is InChI=1S/C15H11FN2O.C14H11FN2O3.C14H9FN2O2.C14H13FN2O.C11H16N4OS.C8H6FNO3.C6H6FN.C4H10O3.2C2H6O.CH3F.2CH4.H2NO.Na/c1-10(19)11-2-7-15-14(8-11)17-9-18(15)13-5-3-12(16)4-6-13;1-9(18)10-2-7-13(14(8-10)17(19)20)16-12-5-3-11(15)4-6-12;15-10-2-4-11(5-3-10)17-8-16-12-7-9(14(18)19)1-6-13(12)17;1-9(18)10-2-7-14(13(16)8-10)17-12-5-3-11(15)4-6-12;16-11(10-13-1-6-17-10)15-4-2-14(3-5-15)9-7-12-8-9;1-5(11)6-2-3-7(9)8(4-6)10(12)13;7-5-1-3-6(8)4-2-5;1-5-4(6-2)7-3;2*1-2-3;1-2;;;1-2;/h2-9H,1H3;2-8,16H,1H3;1-8H,(H,18,19);2-8,17H,16H2,1H3;1,6,9,12H,2-5,7-8H2;2-4H,1H3;1-4H,8H2;4H,1-3H3;2*3H,2H2,1H3;1H3;2*1H4;1-2H;/q;;;;;;;;;;;;;-1;+1/i;;;;;;;;;;1D;;;;. The Hall–Kier alpha value is -13.5. The van der Waals surface area contributed by atoms with Crippen LogP contribution in [0.5, 0.6) is 0 Å². The molecule has 0 unspecified atom stereocenters. The van der Waals surface area contributed by atoms with Crippen LogP contribution in [0.3, 0.4) is 0 Å². The second kappa shape index (κ2) is 62.8. The monoisotopic (exact) mass is 1890 g/mol. The number of aliphatic hydroxyl groups is 2. The van der Waals surface area contributed by atoms with Crippen LogP contribution in [0.15, 0.2) is 237 Å². The van der Waals surface area contributed by atoms with Gasteiger partial charge in [-0.3, -0.25) is 62.6 Å². The van der Waals surface area contributed by atoms with Gasteiger partial charge in [-0.25, -0.2) is 41.7 Å². The molecule has 41 heteroatoms. The number of benzene rings is 10. The van der Waals surface area contributed by atoms with E-state index in [1.54, 1.807) is 110 Å². The van der Waals surface area contributed by atoms with Gasteiger partial charge in [0.15, 0.2) is 28.1 Å². The fraction of sp³-hybridized carbons (Fsp3) is 0.237. The summed E-state index contributed by atoms with van der Waals surface area (Å²) in [5.41, 5.74) is 19.9. The molecule has 0 aliphatic carbocycles. The van der Waals surface area contributed by atoms with E-state index in [9.17, 15) is 79.7 Å². The first kappa shape index (κ1) is 117. The van der Waals surface area contributed by atoms with Crippen LogP contribution in [-0.4, -0.2) is 193 Å². The van der Waals surface area contributed by atoms with Gasteiger partial charge < -0.3 is 73.0 Å². The summed E-state index contributed by atoms with van der Waals surface area (Å²) in [6.45, 7) is 14.8. The quantitative estimate of drug-likeness (QED) is 0.00732. The van der Waals surface area contributed by atoms with E-state index in [4.69, 9.17) is 39.3 Å². The number of hydrogen-bond acceptors (Lipinski definition) is 26. The molecule has 1 amide bonds. The maximum atomic E-state index is 12.9. The largest absolute Gasteiger partial charge is 1.00 e. The number of anilines is 6. The van der Waals surface area contributed by atoms with Crippen molar-refractivity contribution in [1.82, 2.24) is 39.2 Å². The van der Waals surface area contributed by atoms with Crippen LogP contribution in [0.1, 0.15) is 119 Å². The molecule has 0 saturated carbocycles. The zero-order chi connectivity index (χ0) is 98.1. The molecule has 2 aliphatic heterocycles. The Kier molecular flexibility index (Phi) is 54.7. The number of nitro benzene ring substituents is 2. The van der Waals surface area contributed by atoms with Crippen molar-refractivity contribution in [2.24, 2.45) is 0 Å². The molecule has 2 aliphatic rings. The Balaban J connectivity index is 0.000000768. The molecule has 712 valence electrons. The van der Waals surface area contributed by atoms with Crippen molar-refractivity contribution in [2.45, 2.75) is 68.9 Å². The summed E-state index contributed by atoms with van der Waals surface area (Å²) in [5.74, 6) is 0.808. The van der Waals surface area contributed by atoms with Gasteiger partial charge in [-0.2, -0.15) is 4.39 Å². The Labute approximate surface area is 797 Å². The normalized spacial score (nSPS) is 11.3. The number of alkyl halides is 1. The molecule has 15 rings (SSSR count). The van der Waals surface area contributed by atoms with Crippen LogP contribution in [0.25, 0.3) is 39.3 Å². The Bertz CT molecular complexity index is 5630. The first-order chi connectivity index (χ1) is 63.1. The summed E-state index contributed by atoms with van der Waals surface area (Å²) in [6.07, 6.45) is 4.94. The number of carboxylic acids is 1. The van der Waals surface area contributed by atoms with Crippen molar-refractivity contribution < 1.29 is 135 Å². The predicted octanol–water partition coefficient (Wildman–Crippen LogP) is 16.0. The van der Waals surface area contributed by atoms with E-state index in [-0.39, 0.29) is 138 Å². The number of nitrogens with zero attached hydrogens (tertiary/aromatic N) is 9. The summed E-state index contributed by atoms with van der Waals surface area (Å²) < 4.78 is 109. The molecular weight excluding hydrogens is 1790 g/mol. The number of imidazole rings is 2. The van der Waals surface area contributed by atoms with Gasteiger partial charge in [-0.15, -0.1) is 11.3 Å². The maximum Gasteiger partial charge on any atom is 1.00 e. The average molecular weight is 1900 g/mol. The number of aromatic carboxylic acids is 1. The molecule has 2 fully saturated rings. The molecule has 10 aromatic carbocycles. The second-order valence-electron chi connectivity index (χ2n) is 26.8. The third kappa shape index (κ3) is 39.1. The number of carbonyl (C=O) groups is 6. The first-order valence-electron chi connectivity index (χ1n) is 39.7. The molecule has 2 saturated heterocycles. The summed E-state index contributed by atoms with van der Waals surface area (Å²) in [5, 5.41) is 63.2. The number of ketones is 4. The fourth-order valence-electron chi connectivity index (χ4n) is 11.2. The number of aromatic nitrogens is 5. The van der Waals surface area contributed by atoms with Crippen LogP contribution in [0, 0.1) is 55.1 Å². The number of rotatable bonds is 18. The third-order valence-corrected chi connectivity index (χ3v) is 18.5. The van der Waals surface area contributed by atoms with Crippen molar-refractivity contribution in [3.8, 4) is 11.4 Å². The topological polar surface area (TPSA) is 464 Å². The third-order valence-electron chi connectivity index (χ3n) is 17.8. The molecule has 134 heavy (non-hydrogen) atoms. The molecule has 13 aromatic rings. The van der Waals surface area contributed by atoms with Gasteiger partial charge in [-0.1, -0.05) is 14.9 Å². The predicted molar refractivity (Wildman–Crippen MR) is 499 cm³/mol. The van der Waals surface area contributed by atoms with E-state index in [0.29, 0.717) is 50.4 Å². The molecular formula is C93H107F7N15NaO17S. The van der Waals surface area contributed by atoms with Gasteiger partial charge >= 0.3 is 41.2 Å². The van der Waals surface area contributed by atoms with Crippen LogP contribution in [-0.2, 0) is 14.2 Å². The van der Waals surface area contributed by atoms with Crippen molar-refractivity contribution in [3.05, 3.63) is 330 Å². The zero-order valence-corrected chi connectivity index (χ0v) is 76.2. The number of halogens is 7. The second-order valence-corrected chi connectivity index (χ2v) is 27.6. The minimum Gasteiger partial charge on any atom is -0.553 e. The Morgan fingerprint density at radius 2 is 0.888 bits per heavy atom. The van der Waals surface area contributed by atoms with Crippen molar-refractivity contribution in [1.29, 1.82) is 0 Å². The number of carbonyl (C=O) groups excluding carboxylic acids is 5. The van der Waals surface area contributed by atoms with Crippen molar-refractivity contribution in [2.75, 3.05) is 103 Å². The number of aliphatic hydroxyl groups excluding tert-OH is 2. The molecule has 0 atom stereocenters. The molecule has 5 heterocycles. The number of ether oxygens (including phenoxy) is 3. The minimum atomic E-state index is -1.00. The van der Waals surface area contributed by atoms with Gasteiger partial charge in [0, 0.05) is 154 Å².